The smallest absolute Gasteiger partial charge is 0.215 e. The number of hydrogen-bond acceptors (Lipinski definition) is 2. The van der Waals surface area contributed by atoms with Gasteiger partial charge in [0.2, 0.25) is 10.0 Å². The second-order valence-corrected chi connectivity index (χ2v) is 5.14. The molecule has 5 heteroatoms. The van der Waals surface area contributed by atoms with Crippen LogP contribution in [0.25, 0.3) is 0 Å². The van der Waals surface area contributed by atoms with Crippen LogP contribution in [0.2, 0.25) is 0 Å². The van der Waals surface area contributed by atoms with E-state index in [1.165, 1.54) is 19.1 Å². The summed E-state index contributed by atoms with van der Waals surface area (Å²) in [5.41, 5.74) is 0.853. The van der Waals surface area contributed by atoms with E-state index in [2.05, 4.69) is 0 Å². The Bertz CT molecular complexity index is 442. The molecule has 78 valence electrons. The van der Waals surface area contributed by atoms with Gasteiger partial charge in [0.1, 0.15) is 11.1 Å². The Morgan fingerprint density at radius 1 is 1.43 bits per heavy atom. The first-order valence-electron chi connectivity index (χ1n) is 4.10. The quantitative estimate of drug-likeness (QED) is 0.815. The van der Waals surface area contributed by atoms with Crippen molar-refractivity contribution in [1.29, 1.82) is 0 Å². The fourth-order valence-electron chi connectivity index (χ4n) is 1.14. The first kappa shape index (κ1) is 11.1. The maximum absolute atomic E-state index is 13.3. The van der Waals surface area contributed by atoms with E-state index in [-0.39, 0.29) is 5.56 Å². The molecule has 0 fully saturated rings. The maximum atomic E-state index is 13.3. The maximum Gasteiger partial charge on any atom is 0.215 e. The van der Waals surface area contributed by atoms with Crippen molar-refractivity contribution in [2.45, 2.75) is 19.1 Å². The van der Waals surface area contributed by atoms with Crippen molar-refractivity contribution in [3.63, 3.8) is 0 Å². The molecule has 0 radical (unpaired) electrons. The highest BCUT2D eigenvalue weighted by Gasteiger charge is 2.20. The monoisotopic (exact) mass is 217 g/mol. The summed E-state index contributed by atoms with van der Waals surface area (Å²) in [7, 11) is -3.73. The van der Waals surface area contributed by atoms with E-state index in [0.29, 0.717) is 0 Å². The van der Waals surface area contributed by atoms with Gasteiger partial charge in [-0.1, -0.05) is 12.1 Å². The fourth-order valence-corrected chi connectivity index (χ4v) is 1.68. The molecule has 0 amide bonds. The van der Waals surface area contributed by atoms with E-state index in [4.69, 9.17) is 5.14 Å². The van der Waals surface area contributed by atoms with E-state index in [1.807, 2.05) is 0 Å². The minimum Gasteiger partial charge on any atom is -0.228 e. The predicted molar refractivity (Wildman–Crippen MR) is 52.7 cm³/mol. The summed E-state index contributed by atoms with van der Waals surface area (Å²) in [5.74, 6) is -0.536. The number of primary sulfonamides is 1. The molecule has 0 aliphatic heterocycles. The lowest BCUT2D eigenvalue weighted by Gasteiger charge is -2.10. The van der Waals surface area contributed by atoms with Gasteiger partial charge >= 0.3 is 0 Å². The van der Waals surface area contributed by atoms with Gasteiger partial charge in [0.25, 0.3) is 0 Å². The normalized spacial score (nSPS) is 14.0. The standard InChI is InChI=1S/C9H12FNO2S/c1-6-3-4-8(9(10)5-6)7(2)14(11,12)13/h3-5,7H,1-2H3,(H2,11,12,13). The van der Waals surface area contributed by atoms with Gasteiger partial charge in [0.15, 0.2) is 0 Å². The Morgan fingerprint density at radius 2 is 2.00 bits per heavy atom. The molecule has 0 saturated heterocycles. The van der Waals surface area contributed by atoms with Crippen molar-refractivity contribution in [3.05, 3.63) is 35.1 Å². The summed E-state index contributed by atoms with van der Waals surface area (Å²) < 4.78 is 35.3. The number of hydrogen-bond donors (Lipinski definition) is 1. The highest BCUT2D eigenvalue weighted by molar-refractivity contribution is 7.89. The number of aryl methyl sites for hydroxylation is 1. The summed E-state index contributed by atoms with van der Waals surface area (Å²) >= 11 is 0. The van der Waals surface area contributed by atoms with Crippen LogP contribution in [0, 0.1) is 12.7 Å². The number of rotatable bonds is 2. The third-order valence-electron chi connectivity index (χ3n) is 2.09. The van der Waals surface area contributed by atoms with Gasteiger partial charge in [-0.15, -0.1) is 0 Å². The third kappa shape index (κ3) is 2.30. The van der Waals surface area contributed by atoms with Gasteiger partial charge < -0.3 is 0 Å². The van der Waals surface area contributed by atoms with Crippen molar-refractivity contribution < 1.29 is 12.8 Å². The van der Waals surface area contributed by atoms with Crippen LogP contribution >= 0.6 is 0 Å². The number of halogens is 1. The van der Waals surface area contributed by atoms with Gasteiger partial charge in [0.05, 0.1) is 0 Å². The molecule has 0 saturated carbocycles. The third-order valence-corrected chi connectivity index (χ3v) is 3.33. The molecular weight excluding hydrogens is 205 g/mol. The van der Waals surface area contributed by atoms with Gasteiger partial charge in [-0.05, 0) is 25.5 Å². The molecule has 1 aromatic carbocycles. The van der Waals surface area contributed by atoms with Crippen LogP contribution in [0.3, 0.4) is 0 Å². The summed E-state index contributed by atoms with van der Waals surface area (Å²) in [6, 6.07) is 4.39. The average Bonchev–Trinajstić information content (AvgIpc) is 2.01. The van der Waals surface area contributed by atoms with E-state index in [1.54, 1.807) is 13.0 Å². The Kier molecular flexibility index (Phi) is 2.92. The van der Waals surface area contributed by atoms with Crippen molar-refractivity contribution >= 4 is 10.0 Å². The van der Waals surface area contributed by atoms with Crippen LogP contribution in [0.1, 0.15) is 23.3 Å². The molecule has 1 aromatic rings. The molecule has 2 N–H and O–H groups in total. The lowest BCUT2D eigenvalue weighted by Crippen LogP contribution is -2.20. The molecule has 0 bridgehead atoms. The van der Waals surface area contributed by atoms with Crippen LogP contribution in [-0.4, -0.2) is 8.42 Å². The molecule has 1 atom stereocenters. The fraction of sp³-hybridized carbons (Fsp3) is 0.333. The van der Waals surface area contributed by atoms with Gasteiger partial charge in [-0.3, -0.25) is 0 Å². The minimum atomic E-state index is -3.73. The van der Waals surface area contributed by atoms with Crippen LogP contribution in [0.5, 0.6) is 0 Å². The van der Waals surface area contributed by atoms with Crippen LogP contribution < -0.4 is 5.14 Å². The first-order valence-corrected chi connectivity index (χ1v) is 5.71. The minimum absolute atomic E-state index is 0.109. The van der Waals surface area contributed by atoms with E-state index >= 15 is 0 Å². The second kappa shape index (κ2) is 3.67. The predicted octanol–water partition coefficient (Wildman–Crippen LogP) is 1.48. The van der Waals surface area contributed by atoms with E-state index in [9.17, 15) is 12.8 Å². The zero-order chi connectivity index (χ0) is 10.9. The second-order valence-electron chi connectivity index (χ2n) is 3.26. The van der Waals surface area contributed by atoms with Crippen LogP contribution in [0.4, 0.5) is 4.39 Å². The van der Waals surface area contributed by atoms with Gasteiger partial charge in [0, 0.05) is 5.56 Å². The van der Waals surface area contributed by atoms with Crippen LogP contribution in [-0.2, 0) is 10.0 Å². The number of sulfonamides is 1. The summed E-state index contributed by atoms with van der Waals surface area (Å²) in [6.07, 6.45) is 0. The van der Waals surface area contributed by atoms with Crippen molar-refractivity contribution in [2.24, 2.45) is 5.14 Å². The summed E-state index contributed by atoms with van der Waals surface area (Å²) in [4.78, 5) is 0. The Hall–Kier alpha value is -0.940. The van der Waals surface area contributed by atoms with Crippen molar-refractivity contribution in [1.82, 2.24) is 0 Å². The van der Waals surface area contributed by atoms with Crippen molar-refractivity contribution in [3.8, 4) is 0 Å². The zero-order valence-electron chi connectivity index (χ0n) is 7.99. The lowest BCUT2D eigenvalue weighted by molar-refractivity contribution is 0.574. The highest BCUT2D eigenvalue weighted by atomic mass is 32.2. The molecule has 1 unspecified atom stereocenters. The average molecular weight is 217 g/mol. The van der Waals surface area contributed by atoms with Crippen LogP contribution in [0.15, 0.2) is 18.2 Å². The van der Waals surface area contributed by atoms with Crippen molar-refractivity contribution in [2.75, 3.05) is 0 Å². The Morgan fingerprint density at radius 3 is 2.43 bits per heavy atom. The first-order chi connectivity index (χ1) is 6.32. The molecule has 0 aliphatic carbocycles. The Labute approximate surface area is 82.8 Å². The Balaban J connectivity index is 3.21. The largest absolute Gasteiger partial charge is 0.228 e. The van der Waals surface area contributed by atoms with E-state index in [0.717, 1.165) is 5.56 Å². The van der Waals surface area contributed by atoms with E-state index < -0.39 is 21.1 Å². The summed E-state index contributed by atoms with van der Waals surface area (Å²) in [5, 5.41) is 3.91. The molecule has 3 nitrogen and oxygen atoms in total. The molecule has 0 aromatic heterocycles. The summed E-state index contributed by atoms with van der Waals surface area (Å²) in [6.45, 7) is 3.09. The molecular formula is C9H12FNO2S. The SMILES string of the molecule is Cc1ccc(C(C)S(N)(=O)=O)c(F)c1. The molecule has 0 spiro atoms. The molecule has 1 rings (SSSR count). The topological polar surface area (TPSA) is 60.2 Å². The van der Waals surface area contributed by atoms with Gasteiger partial charge in [-0.25, -0.2) is 17.9 Å². The highest BCUT2D eigenvalue weighted by Crippen LogP contribution is 2.22. The molecule has 14 heavy (non-hydrogen) atoms. The molecule has 0 heterocycles. The molecule has 0 aliphatic rings. The van der Waals surface area contributed by atoms with Gasteiger partial charge in [-0.2, -0.15) is 0 Å². The number of nitrogens with two attached hydrogens (primary N) is 1. The zero-order valence-corrected chi connectivity index (χ0v) is 8.81. The number of benzene rings is 1. The lowest BCUT2D eigenvalue weighted by atomic mass is 10.1.